The summed E-state index contributed by atoms with van der Waals surface area (Å²) >= 11 is 0. The molecule has 0 saturated heterocycles. The fourth-order valence-electron chi connectivity index (χ4n) is 1.98. The highest BCUT2D eigenvalue weighted by Crippen LogP contribution is 2.19. The Hall–Kier alpha value is -1.65. The molecule has 0 aromatic heterocycles. The van der Waals surface area contributed by atoms with Crippen LogP contribution < -0.4 is 5.73 Å². The average molecular weight is 289 g/mol. The lowest BCUT2D eigenvalue weighted by atomic mass is 10.1. The molecule has 0 amide bonds. The van der Waals surface area contributed by atoms with E-state index in [-0.39, 0.29) is 5.75 Å². The van der Waals surface area contributed by atoms with Gasteiger partial charge in [0.2, 0.25) is 0 Å². The molecule has 0 radical (unpaired) electrons. The van der Waals surface area contributed by atoms with E-state index in [0.29, 0.717) is 11.4 Å². The topological polar surface area (TPSA) is 60.2 Å². The highest BCUT2D eigenvalue weighted by molar-refractivity contribution is 7.90. The third-order valence-corrected chi connectivity index (χ3v) is 5.14. The SMILES string of the molecule is Cc1ccc(S(=O)(=O)Cc2ccc(CN)cc2)cc1C. The Morgan fingerprint density at radius 3 is 2.05 bits per heavy atom. The Morgan fingerprint density at radius 2 is 1.50 bits per heavy atom. The van der Waals surface area contributed by atoms with Gasteiger partial charge in [0.25, 0.3) is 0 Å². The molecular formula is C16H19NO2S. The van der Waals surface area contributed by atoms with Gasteiger partial charge in [0.1, 0.15) is 0 Å². The van der Waals surface area contributed by atoms with Crippen molar-refractivity contribution >= 4 is 9.84 Å². The van der Waals surface area contributed by atoms with E-state index in [9.17, 15) is 8.42 Å². The Labute approximate surface area is 120 Å². The van der Waals surface area contributed by atoms with Crippen LogP contribution in [-0.2, 0) is 22.1 Å². The summed E-state index contributed by atoms with van der Waals surface area (Å²) < 4.78 is 24.8. The van der Waals surface area contributed by atoms with E-state index in [0.717, 1.165) is 22.3 Å². The molecule has 0 spiro atoms. The van der Waals surface area contributed by atoms with Crippen molar-refractivity contribution in [1.29, 1.82) is 0 Å². The number of nitrogens with two attached hydrogens (primary N) is 1. The third-order valence-electron chi connectivity index (χ3n) is 3.45. The van der Waals surface area contributed by atoms with Gasteiger partial charge in [-0.1, -0.05) is 30.3 Å². The molecule has 2 aromatic rings. The Kier molecular flexibility index (Phi) is 4.26. The minimum atomic E-state index is -3.30. The highest BCUT2D eigenvalue weighted by Gasteiger charge is 2.15. The lowest BCUT2D eigenvalue weighted by molar-refractivity contribution is 0.595. The zero-order valence-electron chi connectivity index (χ0n) is 11.8. The smallest absolute Gasteiger partial charge is 0.182 e. The molecule has 0 aliphatic heterocycles. The normalized spacial score (nSPS) is 11.6. The van der Waals surface area contributed by atoms with Crippen LogP contribution in [0.4, 0.5) is 0 Å². The maximum atomic E-state index is 12.4. The van der Waals surface area contributed by atoms with E-state index in [1.165, 1.54) is 0 Å². The molecule has 0 heterocycles. The molecule has 3 nitrogen and oxygen atoms in total. The number of hydrogen-bond donors (Lipinski definition) is 1. The van der Waals surface area contributed by atoms with Crippen LogP contribution in [0.15, 0.2) is 47.4 Å². The Morgan fingerprint density at radius 1 is 0.900 bits per heavy atom. The number of rotatable bonds is 4. The molecule has 0 atom stereocenters. The second-order valence-corrected chi connectivity index (χ2v) is 7.02. The minimum Gasteiger partial charge on any atom is -0.326 e. The van der Waals surface area contributed by atoms with Gasteiger partial charge in [0, 0.05) is 6.54 Å². The first-order valence-electron chi connectivity index (χ1n) is 6.50. The van der Waals surface area contributed by atoms with Gasteiger partial charge in [-0.15, -0.1) is 0 Å². The van der Waals surface area contributed by atoms with E-state index < -0.39 is 9.84 Å². The molecule has 2 aromatic carbocycles. The largest absolute Gasteiger partial charge is 0.326 e. The quantitative estimate of drug-likeness (QED) is 0.941. The van der Waals surface area contributed by atoms with Crippen molar-refractivity contribution in [2.45, 2.75) is 31.0 Å². The maximum absolute atomic E-state index is 12.4. The summed E-state index contributed by atoms with van der Waals surface area (Å²) in [5.41, 5.74) is 9.39. The lowest BCUT2D eigenvalue weighted by Crippen LogP contribution is -2.06. The van der Waals surface area contributed by atoms with Gasteiger partial charge < -0.3 is 5.73 Å². The van der Waals surface area contributed by atoms with Crippen molar-refractivity contribution in [3.05, 3.63) is 64.7 Å². The number of benzene rings is 2. The summed E-state index contributed by atoms with van der Waals surface area (Å²) in [7, 11) is -3.30. The summed E-state index contributed by atoms with van der Waals surface area (Å²) in [6, 6.07) is 12.6. The predicted octanol–water partition coefficient (Wildman–Crippen LogP) is 2.74. The van der Waals surface area contributed by atoms with Crippen molar-refractivity contribution in [3.8, 4) is 0 Å². The van der Waals surface area contributed by atoms with Crippen LogP contribution in [0.5, 0.6) is 0 Å². The fraction of sp³-hybridized carbons (Fsp3) is 0.250. The molecule has 2 rings (SSSR count). The van der Waals surface area contributed by atoms with E-state index >= 15 is 0 Å². The molecule has 0 saturated carbocycles. The molecular weight excluding hydrogens is 270 g/mol. The van der Waals surface area contributed by atoms with Gasteiger partial charge in [-0.3, -0.25) is 0 Å². The second-order valence-electron chi connectivity index (χ2n) is 5.03. The Balaban J connectivity index is 2.27. The molecule has 0 aliphatic carbocycles. The molecule has 0 bridgehead atoms. The van der Waals surface area contributed by atoms with Gasteiger partial charge in [0.05, 0.1) is 10.6 Å². The maximum Gasteiger partial charge on any atom is 0.182 e. The van der Waals surface area contributed by atoms with Gasteiger partial charge in [-0.2, -0.15) is 0 Å². The monoisotopic (exact) mass is 289 g/mol. The number of hydrogen-bond acceptors (Lipinski definition) is 3. The second kappa shape index (κ2) is 5.77. The number of sulfone groups is 1. The van der Waals surface area contributed by atoms with Gasteiger partial charge in [-0.25, -0.2) is 8.42 Å². The van der Waals surface area contributed by atoms with Crippen molar-refractivity contribution in [3.63, 3.8) is 0 Å². The summed E-state index contributed by atoms with van der Waals surface area (Å²) in [4.78, 5) is 0.378. The summed E-state index contributed by atoms with van der Waals surface area (Å²) in [5, 5.41) is 0. The van der Waals surface area contributed by atoms with Crippen molar-refractivity contribution < 1.29 is 8.42 Å². The fourth-order valence-corrected chi connectivity index (χ4v) is 3.41. The van der Waals surface area contributed by atoms with Crippen LogP contribution in [-0.4, -0.2) is 8.42 Å². The summed E-state index contributed by atoms with van der Waals surface area (Å²) in [6.07, 6.45) is 0. The van der Waals surface area contributed by atoms with E-state index in [1.54, 1.807) is 12.1 Å². The average Bonchev–Trinajstić information content (AvgIpc) is 2.42. The molecule has 20 heavy (non-hydrogen) atoms. The number of aryl methyl sites for hydroxylation is 2. The van der Waals surface area contributed by atoms with Crippen LogP contribution in [0, 0.1) is 13.8 Å². The zero-order chi connectivity index (χ0) is 14.8. The Bertz CT molecular complexity index is 704. The molecule has 0 fully saturated rings. The van der Waals surface area contributed by atoms with Crippen molar-refractivity contribution in [2.75, 3.05) is 0 Å². The van der Waals surface area contributed by atoms with Crippen molar-refractivity contribution in [1.82, 2.24) is 0 Å². The van der Waals surface area contributed by atoms with Gasteiger partial charge in [-0.05, 0) is 48.2 Å². The van der Waals surface area contributed by atoms with Crippen LogP contribution in [0.3, 0.4) is 0 Å². The predicted molar refractivity (Wildman–Crippen MR) is 81.1 cm³/mol. The molecule has 0 unspecified atom stereocenters. The van der Waals surface area contributed by atoms with Crippen LogP contribution >= 0.6 is 0 Å². The molecule has 2 N–H and O–H groups in total. The van der Waals surface area contributed by atoms with Gasteiger partial charge in [0.15, 0.2) is 9.84 Å². The molecule has 106 valence electrons. The van der Waals surface area contributed by atoms with E-state index in [4.69, 9.17) is 5.73 Å². The van der Waals surface area contributed by atoms with Gasteiger partial charge >= 0.3 is 0 Å². The molecule has 0 aliphatic rings. The van der Waals surface area contributed by atoms with E-state index in [1.807, 2.05) is 44.2 Å². The molecule has 4 heteroatoms. The van der Waals surface area contributed by atoms with Crippen LogP contribution in [0.2, 0.25) is 0 Å². The summed E-state index contributed by atoms with van der Waals surface area (Å²) in [5.74, 6) is 0.0142. The first-order valence-corrected chi connectivity index (χ1v) is 8.15. The first kappa shape index (κ1) is 14.8. The van der Waals surface area contributed by atoms with Crippen LogP contribution in [0.1, 0.15) is 22.3 Å². The van der Waals surface area contributed by atoms with E-state index in [2.05, 4.69) is 0 Å². The zero-order valence-corrected chi connectivity index (χ0v) is 12.6. The summed E-state index contributed by atoms with van der Waals surface area (Å²) in [6.45, 7) is 4.35. The third kappa shape index (κ3) is 3.26. The van der Waals surface area contributed by atoms with Crippen LogP contribution in [0.25, 0.3) is 0 Å². The first-order chi connectivity index (χ1) is 9.42. The van der Waals surface area contributed by atoms with Crippen molar-refractivity contribution in [2.24, 2.45) is 5.73 Å². The lowest BCUT2D eigenvalue weighted by Gasteiger charge is -2.08. The standard InChI is InChI=1S/C16H19NO2S/c1-12-3-8-16(9-13(12)2)20(18,19)11-15-6-4-14(10-17)5-7-15/h3-9H,10-11,17H2,1-2H3. The highest BCUT2D eigenvalue weighted by atomic mass is 32.2. The minimum absolute atomic E-state index is 0.0142.